The number of rotatable bonds is 49. The number of carbonyl (C=O) groups is 1. The van der Waals surface area contributed by atoms with Gasteiger partial charge in [-0.15, -0.1) is 0 Å². The van der Waals surface area contributed by atoms with Crippen LogP contribution in [-0.2, 0) is 4.79 Å². The molecule has 0 saturated heterocycles. The van der Waals surface area contributed by atoms with Crippen LogP contribution in [0.2, 0.25) is 0 Å². The Labute approximate surface area is 363 Å². The molecule has 0 aromatic carbocycles. The van der Waals surface area contributed by atoms with Crippen molar-refractivity contribution in [1.82, 2.24) is 5.32 Å². The quantitative estimate of drug-likeness (QED) is 0.0364. The van der Waals surface area contributed by atoms with Gasteiger partial charge in [0.25, 0.3) is 0 Å². The van der Waals surface area contributed by atoms with E-state index in [4.69, 9.17) is 0 Å². The number of aliphatic hydroxyl groups is 3. The molecule has 1 amide bonds. The van der Waals surface area contributed by atoms with Crippen molar-refractivity contribution in [3.8, 4) is 0 Å². The van der Waals surface area contributed by atoms with E-state index in [1.165, 1.54) is 244 Å². The normalized spacial score (nSPS) is 13.4. The second kappa shape index (κ2) is 48.8. The molecule has 0 aliphatic rings. The Morgan fingerprint density at radius 1 is 0.414 bits per heavy atom. The van der Waals surface area contributed by atoms with E-state index in [0.29, 0.717) is 6.42 Å². The fourth-order valence-electron chi connectivity index (χ4n) is 8.48. The number of hydrogen-bond donors (Lipinski definition) is 4. The fraction of sp³-hybridized carbons (Fsp3) is 0.943. The molecular weight excluding hydrogens is 715 g/mol. The molecule has 0 aromatic heterocycles. The first-order valence-electron chi connectivity index (χ1n) is 26.5. The van der Waals surface area contributed by atoms with E-state index in [0.717, 1.165) is 32.1 Å². The van der Waals surface area contributed by atoms with E-state index in [1.54, 1.807) is 6.08 Å². The van der Waals surface area contributed by atoms with Gasteiger partial charge in [-0.05, 0) is 19.3 Å². The predicted molar refractivity (Wildman–Crippen MR) is 255 cm³/mol. The van der Waals surface area contributed by atoms with Gasteiger partial charge in [-0.1, -0.05) is 289 Å². The van der Waals surface area contributed by atoms with Crippen molar-refractivity contribution in [1.29, 1.82) is 0 Å². The molecule has 5 heteroatoms. The highest BCUT2D eigenvalue weighted by Gasteiger charge is 2.22. The molecule has 4 N–H and O–H groups in total. The topological polar surface area (TPSA) is 89.8 Å². The molecule has 58 heavy (non-hydrogen) atoms. The molecule has 0 aromatic rings. The van der Waals surface area contributed by atoms with Crippen LogP contribution in [0, 0.1) is 0 Å². The summed E-state index contributed by atoms with van der Waals surface area (Å²) >= 11 is 0. The van der Waals surface area contributed by atoms with E-state index < -0.39 is 24.2 Å². The van der Waals surface area contributed by atoms with Crippen LogP contribution in [0.5, 0.6) is 0 Å². The van der Waals surface area contributed by atoms with Crippen molar-refractivity contribution in [3.05, 3.63) is 12.2 Å². The Balaban J connectivity index is 3.56. The van der Waals surface area contributed by atoms with Crippen molar-refractivity contribution in [2.45, 2.75) is 315 Å². The maximum Gasteiger partial charge on any atom is 0.249 e. The molecule has 5 nitrogen and oxygen atoms in total. The van der Waals surface area contributed by atoms with Crippen LogP contribution in [-0.4, -0.2) is 46.1 Å². The Morgan fingerprint density at radius 3 is 0.948 bits per heavy atom. The molecule has 0 radical (unpaired) electrons. The summed E-state index contributed by atoms with van der Waals surface area (Å²) in [5.41, 5.74) is 0. The minimum Gasteiger partial charge on any atom is -0.394 e. The van der Waals surface area contributed by atoms with E-state index in [9.17, 15) is 20.1 Å². The highest BCUT2D eigenvalue weighted by Crippen LogP contribution is 2.18. The second-order valence-corrected chi connectivity index (χ2v) is 18.5. The maximum atomic E-state index is 12.5. The number of nitrogens with one attached hydrogen (secondary N) is 1. The van der Waals surface area contributed by atoms with Gasteiger partial charge in [-0.25, -0.2) is 0 Å². The molecule has 0 heterocycles. The maximum absolute atomic E-state index is 12.5. The van der Waals surface area contributed by atoms with Crippen LogP contribution in [0.4, 0.5) is 0 Å². The van der Waals surface area contributed by atoms with Crippen LogP contribution in [0.15, 0.2) is 12.2 Å². The number of allylic oxidation sites excluding steroid dienone is 1. The lowest BCUT2D eigenvalue weighted by atomic mass is 10.0. The third-order valence-corrected chi connectivity index (χ3v) is 12.6. The highest BCUT2D eigenvalue weighted by atomic mass is 16.3. The first kappa shape index (κ1) is 57.1. The lowest BCUT2D eigenvalue weighted by Gasteiger charge is -2.21. The van der Waals surface area contributed by atoms with E-state index in [1.807, 2.05) is 6.08 Å². The molecule has 0 aliphatic heterocycles. The van der Waals surface area contributed by atoms with Gasteiger partial charge >= 0.3 is 0 Å². The molecule has 3 atom stereocenters. The highest BCUT2D eigenvalue weighted by molar-refractivity contribution is 5.80. The van der Waals surface area contributed by atoms with Crippen LogP contribution in [0.1, 0.15) is 296 Å². The third-order valence-electron chi connectivity index (χ3n) is 12.6. The fourth-order valence-corrected chi connectivity index (χ4v) is 8.48. The van der Waals surface area contributed by atoms with Gasteiger partial charge in [0.2, 0.25) is 5.91 Å². The molecule has 0 aliphatic carbocycles. The lowest BCUT2D eigenvalue weighted by molar-refractivity contribution is -0.131. The van der Waals surface area contributed by atoms with Crippen molar-refractivity contribution < 1.29 is 20.1 Å². The predicted octanol–water partition coefficient (Wildman–Crippen LogP) is 15.9. The van der Waals surface area contributed by atoms with Gasteiger partial charge in [0.05, 0.1) is 18.8 Å². The van der Waals surface area contributed by atoms with Gasteiger partial charge in [0.15, 0.2) is 0 Å². The van der Waals surface area contributed by atoms with E-state index in [-0.39, 0.29) is 6.61 Å². The molecule has 0 spiro atoms. The number of hydrogen-bond acceptors (Lipinski definition) is 4. The molecule has 0 bridgehead atoms. The van der Waals surface area contributed by atoms with Crippen molar-refractivity contribution in [2.75, 3.05) is 6.61 Å². The van der Waals surface area contributed by atoms with Gasteiger partial charge in [-0.2, -0.15) is 0 Å². The van der Waals surface area contributed by atoms with Gasteiger partial charge < -0.3 is 20.6 Å². The van der Waals surface area contributed by atoms with E-state index in [2.05, 4.69) is 19.2 Å². The summed E-state index contributed by atoms with van der Waals surface area (Å²) in [5, 5.41) is 33.3. The lowest BCUT2D eigenvalue weighted by Crippen LogP contribution is -2.48. The van der Waals surface area contributed by atoms with Crippen LogP contribution in [0.3, 0.4) is 0 Å². The number of aliphatic hydroxyl groups excluding tert-OH is 3. The Morgan fingerprint density at radius 2 is 0.672 bits per heavy atom. The minimum atomic E-state index is -1.09. The zero-order valence-electron chi connectivity index (χ0n) is 39.5. The largest absolute Gasteiger partial charge is 0.394 e. The molecule has 346 valence electrons. The van der Waals surface area contributed by atoms with Gasteiger partial charge in [0, 0.05) is 0 Å². The molecule has 0 saturated carbocycles. The molecular formula is C53H105NO4. The number of unbranched alkanes of at least 4 members (excludes halogenated alkanes) is 41. The van der Waals surface area contributed by atoms with Crippen molar-refractivity contribution in [3.63, 3.8) is 0 Å². The molecule has 3 unspecified atom stereocenters. The summed E-state index contributed by atoms with van der Waals surface area (Å²) in [4.78, 5) is 12.5. The van der Waals surface area contributed by atoms with Crippen molar-refractivity contribution >= 4 is 5.91 Å². The molecule has 0 fully saturated rings. The Bertz CT molecular complexity index is 818. The first-order valence-corrected chi connectivity index (χ1v) is 26.5. The zero-order chi connectivity index (χ0) is 42.3. The van der Waals surface area contributed by atoms with Gasteiger partial charge in [-0.3, -0.25) is 4.79 Å². The summed E-state index contributed by atoms with van der Waals surface area (Å²) in [6.45, 7) is 4.22. The minimum absolute atomic E-state index is 0.358. The Hall–Kier alpha value is -0.910. The number of amides is 1. The van der Waals surface area contributed by atoms with Crippen LogP contribution >= 0.6 is 0 Å². The second-order valence-electron chi connectivity index (χ2n) is 18.5. The average molecular weight is 820 g/mol. The summed E-state index contributed by atoms with van der Waals surface area (Å²) in [6, 6.07) is -0.794. The standard InChI is InChI=1S/C53H105NO4/c1-3-5-7-9-11-13-15-17-19-21-23-25-26-27-28-30-32-34-36-38-40-42-44-46-48-52(57)53(58)54-50(49-55)51(56)47-45-43-41-39-37-35-33-31-29-24-22-20-18-16-14-12-10-8-6-4-2/h45,47,50-52,55-57H,3-44,46,48-49H2,1-2H3,(H,54,58)/b47-45+. The van der Waals surface area contributed by atoms with Gasteiger partial charge in [0.1, 0.15) is 6.10 Å². The summed E-state index contributed by atoms with van der Waals surface area (Å²) < 4.78 is 0. The smallest absolute Gasteiger partial charge is 0.249 e. The van der Waals surface area contributed by atoms with E-state index >= 15 is 0 Å². The van der Waals surface area contributed by atoms with Crippen LogP contribution in [0.25, 0.3) is 0 Å². The summed E-state index contributed by atoms with van der Waals surface area (Å²) in [6.07, 6.45) is 59.9. The van der Waals surface area contributed by atoms with Crippen LogP contribution < -0.4 is 5.32 Å². The monoisotopic (exact) mass is 820 g/mol. The molecule has 0 rings (SSSR count). The zero-order valence-corrected chi connectivity index (χ0v) is 39.5. The van der Waals surface area contributed by atoms with Crippen molar-refractivity contribution in [2.24, 2.45) is 0 Å². The summed E-state index contributed by atoms with van der Waals surface area (Å²) in [7, 11) is 0. The third kappa shape index (κ3) is 43.2. The SMILES string of the molecule is CCCCCCCCCCCCCCCCCCCC/C=C/C(O)C(CO)NC(=O)C(O)CCCCCCCCCCCCCCCCCCCCCCCCCC. The average Bonchev–Trinajstić information content (AvgIpc) is 3.23. The first-order chi connectivity index (χ1) is 28.6. The number of carbonyl (C=O) groups excluding carboxylic acids is 1. The Kier molecular flexibility index (Phi) is 48.0. The summed E-state index contributed by atoms with van der Waals surface area (Å²) in [5.74, 6) is -0.496.